The summed E-state index contributed by atoms with van der Waals surface area (Å²) in [6.45, 7) is 11.3. The van der Waals surface area contributed by atoms with Gasteiger partial charge in [0, 0.05) is 12.0 Å². The molecular weight excluding hydrogens is 373 g/mol. The van der Waals surface area contributed by atoms with E-state index in [1.165, 1.54) is 6.92 Å². The first kappa shape index (κ1) is 20.0. The second-order valence-electron chi connectivity index (χ2n) is 6.52. The molecule has 10 heteroatoms. The van der Waals surface area contributed by atoms with Crippen molar-refractivity contribution in [3.8, 4) is 5.75 Å². The standard InChI is InChI=1S/C16H17F3N2O4S/c1-5-26(23,24)21-9-15(2,3)13(14(21)22)25-10-6-7-12(20-4)11(8-10)16(17,18)19/h6-8,13H,5,9H2,1-3H3. The van der Waals surface area contributed by atoms with Crippen LogP contribution in [-0.4, -0.2) is 37.0 Å². The predicted molar refractivity (Wildman–Crippen MR) is 87.1 cm³/mol. The molecule has 1 amide bonds. The summed E-state index contributed by atoms with van der Waals surface area (Å²) in [7, 11) is -3.80. The van der Waals surface area contributed by atoms with Crippen LogP contribution in [0.4, 0.5) is 18.9 Å². The third-order valence-corrected chi connectivity index (χ3v) is 5.79. The van der Waals surface area contributed by atoms with Crippen LogP contribution in [0.15, 0.2) is 18.2 Å². The van der Waals surface area contributed by atoms with Crippen molar-refractivity contribution in [2.75, 3.05) is 12.3 Å². The Morgan fingerprint density at radius 2 is 2.00 bits per heavy atom. The van der Waals surface area contributed by atoms with Gasteiger partial charge in [0.05, 0.1) is 17.9 Å². The highest BCUT2D eigenvalue weighted by Gasteiger charge is 2.52. The molecule has 0 saturated carbocycles. The Bertz CT molecular complexity index is 872. The van der Waals surface area contributed by atoms with Crippen molar-refractivity contribution in [3.05, 3.63) is 35.2 Å². The first-order chi connectivity index (χ1) is 11.8. The van der Waals surface area contributed by atoms with Crippen molar-refractivity contribution in [1.82, 2.24) is 4.31 Å². The lowest BCUT2D eigenvalue weighted by Crippen LogP contribution is -2.38. The number of rotatable bonds is 4. The van der Waals surface area contributed by atoms with E-state index in [9.17, 15) is 26.4 Å². The normalized spacial score (nSPS) is 20.1. The molecule has 1 aliphatic rings. The fourth-order valence-corrected chi connectivity index (χ4v) is 3.86. The number of carbonyl (C=O) groups is 1. The van der Waals surface area contributed by atoms with E-state index in [2.05, 4.69) is 4.85 Å². The highest BCUT2D eigenvalue weighted by molar-refractivity contribution is 7.89. The van der Waals surface area contributed by atoms with Gasteiger partial charge in [-0.05, 0) is 19.1 Å². The molecule has 1 aromatic rings. The summed E-state index contributed by atoms with van der Waals surface area (Å²) in [6.07, 6.45) is -6.02. The van der Waals surface area contributed by atoms with Gasteiger partial charge in [-0.25, -0.2) is 17.6 Å². The third-order valence-electron chi connectivity index (χ3n) is 4.08. The van der Waals surface area contributed by atoms with E-state index in [0.717, 1.165) is 12.1 Å². The van der Waals surface area contributed by atoms with Gasteiger partial charge in [-0.15, -0.1) is 0 Å². The number of alkyl halides is 3. The van der Waals surface area contributed by atoms with Crippen molar-refractivity contribution in [1.29, 1.82) is 0 Å². The van der Waals surface area contributed by atoms with Crippen LogP contribution in [0.3, 0.4) is 0 Å². The number of sulfonamides is 1. The molecule has 0 spiro atoms. The minimum atomic E-state index is -4.76. The fraction of sp³-hybridized carbons (Fsp3) is 0.500. The van der Waals surface area contributed by atoms with Crippen LogP contribution in [0, 0.1) is 12.0 Å². The summed E-state index contributed by atoms with van der Waals surface area (Å²) in [5, 5.41) is 0. The second-order valence-corrected chi connectivity index (χ2v) is 8.70. The van der Waals surface area contributed by atoms with Gasteiger partial charge in [-0.3, -0.25) is 4.79 Å². The van der Waals surface area contributed by atoms with Crippen LogP contribution >= 0.6 is 0 Å². The average Bonchev–Trinajstić information content (AvgIpc) is 2.78. The van der Waals surface area contributed by atoms with Crippen molar-refractivity contribution in [3.63, 3.8) is 0 Å². The van der Waals surface area contributed by atoms with Gasteiger partial charge in [-0.2, -0.15) is 13.2 Å². The molecule has 1 saturated heterocycles. The maximum absolute atomic E-state index is 13.1. The predicted octanol–water partition coefficient (Wildman–Crippen LogP) is 3.22. The van der Waals surface area contributed by atoms with Crippen LogP contribution < -0.4 is 4.74 Å². The molecule has 1 unspecified atom stereocenters. The molecule has 0 aromatic heterocycles. The zero-order valence-corrected chi connectivity index (χ0v) is 15.1. The molecule has 1 aliphatic heterocycles. The van der Waals surface area contributed by atoms with Gasteiger partial charge in [0.1, 0.15) is 5.75 Å². The van der Waals surface area contributed by atoms with Crippen LogP contribution in [-0.2, 0) is 21.0 Å². The van der Waals surface area contributed by atoms with Crippen LogP contribution in [0.25, 0.3) is 4.85 Å². The molecule has 142 valence electrons. The summed E-state index contributed by atoms with van der Waals surface area (Å²) in [5.74, 6) is -1.36. The SMILES string of the molecule is [C-]#[N+]c1ccc(OC2C(=O)N(S(=O)(=O)CC)CC2(C)C)cc1C(F)(F)F. The van der Waals surface area contributed by atoms with Crippen molar-refractivity contribution in [2.24, 2.45) is 5.41 Å². The number of ether oxygens (including phenoxy) is 1. The zero-order chi connectivity index (χ0) is 19.9. The summed E-state index contributed by atoms with van der Waals surface area (Å²) < 4.78 is 69.4. The average molecular weight is 390 g/mol. The highest BCUT2D eigenvalue weighted by atomic mass is 32.2. The molecule has 2 rings (SSSR count). The lowest BCUT2D eigenvalue weighted by atomic mass is 9.89. The second kappa shape index (κ2) is 6.46. The number of hydrogen-bond acceptors (Lipinski definition) is 4. The van der Waals surface area contributed by atoms with Crippen LogP contribution in [0.1, 0.15) is 26.3 Å². The van der Waals surface area contributed by atoms with Crippen molar-refractivity contribution >= 4 is 21.6 Å². The van der Waals surface area contributed by atoms with E-state index >= 15 is 0 Å². The first-order valence-electron chi connectivity index (χ1n) is 7.63. The summed E-state index contributed by atoms with van der Waals surface area (Å²) in [5.41, 5.74) is -2.70. The lowest BCUT2D eigenvalue weighted by molar-refractivity contribution is -0.137. The quantitative estimate of drug-likeness (QED) is 0.741. The number of benzene rings is 1. The Morgan fingerprint density at radius 1 is 1.38 bits per heavy atom. The Hall–Kier alpha value is -2.28. The van der Waals surface area contributed by atoms with E-state index in [1.807, 2.05) is 0 Å². The maximum atomic E-state index is 13.1. The molecule has 26 heavy (non-hydrogen) atoms. The van der Waals surface area contributed by atoms with E-state index < -0.39 is 44.9 Å². The van der Waals surface area contributed by atoms with E-state index in [-0.39, 0.29) is 18.0 Å². The zero-order valence-electron chi connectivity index (χ0n) is 14.3. The van der Waals surface area contributed by atoms with Crippen LogP contribution in [0.2, 0.25) is 0 Å². The number of halogens is 3. The summed E-state index contributed by atoms with van der Waals surface area (Å²) in [6, 6.07) is 2.76. The van der Waals surface area contributed by atoms with Crippen molar-refractivity contribution < 1.29 is 31.1 Å². The van der Waals surface area contributed by atoms with Crippen LogP contribution in [0.5, 0.6) is 5.75 Å². The molecule has 1 atom stereocenters. The molecule has 0 radical (unpaired) electrons. The van der Waals surface area contributed by atoms with E-state index in [4.69, 9.17) is 11.3 Å². The number of amides is 1. The molecular formula is C16H17F3N2O4S. The largest absolute Gasteiger partial charge is 0.480 e. The minimum Gasteiger partial charge on any atom is -0.480 e. The van der Waals surface area contributed by atoms with Crippen molar-refractivity contribution in [2.45, 2.75) is 33.1 Å². The first-order valence-corrected chi connectivity index (χ1v) is 9.24. The fourth-order valence-electron chi connectivity index (χ4n) is 2.65. The lowest BCUT2D eigenvalue weighted by Gasteiger charge is -2.24. The summed E-state index contributed by atoms with van der Waals surface area (Å²) >= 11 is 0. The molecule has 1 heterocycles. The molecule has 0 aliphatic carbocycles. The maximum Gasteiger partial charge on any atom is 0.407 e. The van der Waals surface area contributed by atoms with E-state index in [1.54, 1.807) is 13.8 Å². The van der Waals surface area contributed by atoms with Gasteiger partial charge in [0.2, 0.25) is 10.0 Å². The monoisotopic (exact) mass is 390 g/mol. The van der Waals surface area contributed by atoms with E-state index in [0.29, 0.717) is 10.4 Å². The molecule has 0 N–H and O–H groups in total. The number of carbonyl (C=O) groups excluding carboxylic acids is 1. The van der Waals surface area contributed by atoms with Gasteiger partial charge in [0.25, 0.3) is 5.91 Å². The minimum absolute atomic E-state index is 0.126. The Morgan fingerprint density at radius 3 is 2.50 bits per heavy atom. The Labute approximate surface area is 149 Å². The molecule has 1 aromatic carbocycles. The number of hydrogen-bond donors (Lipinski definition) is 0. The highest BCUT2D eigenvalue weighted by Crippen LogP contribution is 2.40. The molecule has 1 fully saturated rings. The Balaban J connectivity index is 2.39. The molecule has 0 bridgehead atoms. The number of nitrogens with zero attached hydrogens (tertiary/aromatic N) is 2. The molecule has 6 nitrogen and oxygen atoms in total. The summed E-state index contributed by atoms with van der Waals surface area (Å²) in [4.78, 5) is 15.3. The third kappa shape index (κ3) is 3.62. The smallest absolute Gasteiger partial charge is 0.407 e. The Kier molecular flexibility index (Phi) is 4.98. The topological polar surface area (TPSA) is 68.0 Å². The van der Waals surface area contributed by atoms with Gasteiger partial charge in [0.15, 0.2) is 11.8 Å². The van der Waals surface area contributed by atoms with Gasteiger partial charge < -0.3 is 4.74 Å². The van der Waals surface area contributed by atoms with Gasteiger partial charge >= 0.3 is 6.18 Å². The van der Waals surface area contributed by atoms with Gasteiger partial charge in [-0.1, -0.05) is 19.9 Å².